The Balaban J connectivity index is 2.56. The molecule has 1 unspecified atom stereocenters. The molecule has 5 heteroatoms. The van der Waals surface area contributed by atoms with E-state index >= 15 is 0 Å². The molecule has 2 N–H and O–H groups in total. The number of rotatable bonds is 3. The molecular weight excluding hydrogens is 297 g/mol. The van der Waals surface area contributed by atoms with Gasteiger partial charge in [-0.2, -0.15) is 4.89 Å². The van der Waals surface area contributed by atoms with Crippen LogP contribution in [-0.4, -0.2) is 15.0 Å². The van der Waals surface area contributed by atoms with Crippen LogP contribution in [0.3, 0.4) is 0 Å². The first-order chi connectivity index (χ1) is 10.3. The Morgan fingerprint density at radius 2 is 2.00 bits per heavy atom. The molecule has 0 saturated heterocycles. The fourth-order valence-corrected chi connectivity index (χ4v) is 2.78. The molecule has 4 nitrogen and oxygen atoms in total. The summed E-state index contributed by atoms with van der Waals surface area (Å²) in [6, 6.07) is 8.56. The maximum atomic E-state index is 11.7. The SMILES string of the molecule is CC(C)(C)c1cc(C(=Cc2cccnc2)[P+](=O)O)ccc1O. The highest BCUT2D eigenvalue weighted by Gasteiger charge is 2.26. The molecule has 0 aliphatic carbocycles. The molecule has 0 spiro atoms. The lowest BCUT2D eigenvalue weighted by Gasteiger charge is -2.20. The first-order valence-electron chi connectivity index (χ1n) is 6.91. The van der Waals surface area contributed by atoms with E-state index in [1.807, 2.05) is 26.8 Å². The van der Waals surface area contributed by atoms with Crippen LogP contribution in [0.4, 0.5) is 0 Å². The lowest BCUT2D eigenvalue weighted by Crippen LogP contribution is -2.11. The third-order valence-corrected chi connectivity index (χ3v) is 4.09. The summed E-state index contributed by atoms with van der Waals surface area (Å²) in [5.74, 6) is 0.185. The third-order valence-electron chi connectivity index (χ3n) is 3.29. The number of hydrogen-bond acceptors (Lipinski definition) is 3. The zero-order valence-corrected chi connectivity index (χ0v) is 13.7. The van der Waals surface area contributed by atoms with Gasteiger partial charge in [-0.3, -0.25) is 4.98 Å². The molecule has 0 radical (unpaired) electrons. The van der Waals surface area contributed by atoms with E-state index in [9.17, 15) is 14.6 Å². The monoisotopic (exact) mass is 316 g/mol. The van der Waals surface area contributed by atoms with Crippen molar-refractivity contribution in [1.29, 1.82) is 0 Å². The van der Waals surface area contributed by atoms with Crippen LogP contribution in [0.25, 0.3) is 11.4 Å². The molecule has 1 atom stereocenters. The lowest BCUT2D eigenvalue weighted by molar-refractivity contribution is 0.446. The molecule has 0 amide bonds. The molecule has 0 aliphatic heterocycles. The summed E-state index contributed by atoms with van der Waals surface area (Å²) in [5, 5.41) is 10.3. The summed E-state index contributed by atoms with van der Waals surface area (Å²) in [5.41, 5.74) is 1.84. The second-order valence-corrected chi connectivity index (χ2v) is 7.10. The summed E-state index contributed by atoms with van der Waals surface area (Å²) in [6.45, 7) is 5.94. The highest BCUT2D eigenvalue weighted by Crippen LogP contribution is 2.41. The van der Waals surface area contributed by atoms with Crippen molar-refractivity contribution in [2.75, 3.05) is 0 Å². The molecule has 0 saturated carbocycles. The summed E-state index contributed by atoms with van der Waals surface area (Å²) in [4.78, 5) is 13.6. The largest absolute Gasteiger partial charge is 0.546 e. The first-order valence-corrected chi connectivity index (χ1v) is 8.12. The molecule has 2 rings (SSSR count). The summed E-state index contributed by atoms with van der Waals surface area (Å²) < 4.78 is 11.7. The lowest BCUT2D eigenvalue weighted by atomic mass is 9.85. The number of aromatic nitrogens is 1. The van der Waals surface area contributed by atoms with E-state index in [0.29, 0.717) is 10.9 Å². The topological polar surface area (TPSA) is 70.4 Å². The number of hydrogen-bond donors (Lipinski definition) is 2. The van der Waals surface area contributed by atoms with Gasteiger partial charge in [-0.1, -0.05) is 26.8 Å². The second kappa shape index (κ2) is 6.39. The number of pyridine rings is 1. The smallest absolute Gasteiger partial charge is 0.508 e. The molecule has 0 fully saturated rings. The van der Waals surface area contributed by atoms with Crippen LogP contribution < -0.4 is 0 Å². The first kappa shape index (κ1) is 16.3. The molecule has 0 bridgehead atoms. The van der Waals surface area contributed by atoms with E-state index in [2.05, 4.69) is 4.98 Å². The third kappa shape index (κ3) is 3.79. The zero-order chi connectivity index (χ0) is 16.3. The van der Waals surface area contributed by atoms with Gasteiger partial charge in [0.2, 0.25) is 5.31 Å². The van der Waals surface area contributed by atoms with E-state index < -0.39 is 8.03 Å². The van der Waals surface area contributed by atoms with Crippen LogP contribution in [-0.2, 0) is 9.98 Å². The number of phenolic OH excluding ortho intramolecular Hbond substituents is 1. The average molecular weight is 316 g/mol. The Bertz CT molecular complexity index is 718. The Labute approximate surface area is 131 Å². The predicted molar refractivity (Wildman–Crippen MR) is 88.7 cm³/mol. The van der Waals surface area contributed by atoms with Crippen LogP contribution in [0.5, 0.6) is 5.75 Å². The van der Waals surface area contributed by atoms with Crippen molar-refractivity contribution in [3.8, 4) is 5.75 Å². The van der Waals surface area contributed by atoms with E-state index in [1.165, 1.54) is 0 Å². The highest BCUT2D eigenvalue weighted by atomic mass is 31.1. The van der Waals surface area contributed by atoms with E-state index in [4.69, 9.17) is 0 Å². The second-order valence-electron chi connectivity index (χ2n) is 6.07. The Kier molecular flexibility index (Phi) is 4.74. The quantitative estimate of drug-likeness (QED) is 0.827. The van der Waals surface area contributed by atoms with Crippen molar-refractivity contribution in [2.45, 2.75) is 26.2 Å². The Morgan fingerprint density at radius 3 is 2.55 bits per heavy atom. The van der Waals surface area contributed by atoms with Gasteiger partial charge in [0.05, 0.1) is 0 Å². The maximum absolute atomic E-state index is 11.7. The van der Waals surface area contributed by atoms with Crippen molar-refractivity contribution >= 4 is 19.4 Å². The summed E-state index contributed by atoms with van der Waals surface area (Å²) in [7, 11) is -2.52. The number of nitrogens with zero attached hydrogens (tertiary/aromatic N) is 1. The summed E-state index contributed by atoms with van der Waals surface area (Å²) in [6.07, 6.45) is 4.92. The van der Waals surface area contributed by atoms with Crippen LogP contribution in [0, 0.1) is 0 Å². The highest BCUT2D eigenvalue weighted by molar-refractivity contribution is 7.51. The van der Waals surface area contributed by atoms with Crippen molar-refractivity contribution in [3.63, 3.8) is 0 Å². The summed E-state index contributed by atoms with van der Waals surface area (Å²) >= 11 is 0. The minimum atomic E-state index is -2.52. The number of phenols is 1. The Morgan fingerprint density at radius 1 is 1.27 bits per heavy atom. The van der Waals surface area contributed by atoms with Crippen molar-refractivity contribution in [3.05, 3.63) is 59.4 Å². The van der Waals surface area contributed by atoms with Crippen LogP contribution >= 0.6 is 8.03 Å². The van der Waals surface area contributed by atoms with Gasteiger partial charge in [-0.05, 0) is 45.4 Å². The minimum absolute atomic E-state index is 0.185. The van der Waals surface area contributed by atoms with Crippen LogP contribution in [0.15, 0.2) is 42.7 Å². The van der Waals surface area contributed by atoms with Gasteiger partial charge in [0.1, 0.15) is 5.75 Å². The Hall–Kier alpha value is -2.03. The van der Waals surface area contributed by atoms with Gasteiger partial charge < -0.3 is 5.11 Å². The van der Waals surface area contributed by atoms with Crippen molar-refractivity contribution in [1.82, 2.24) is 4.98 Å². The van der Waals surface area contributed by atoms with Gasteiger partial charge in [0.15, 0.2) is 0 Å². The van der Waals surface area contributed by atoms with Gasteiger partial charge in [0, 0.05) is 24.0 Å². The fraction of sp³-hybridized carbons (Fsp3) is 0.235. The van der Waals surface area contributed by atoms with Crippen molar-refractivity contribution in [2.24, 2.45) is 0 Å². The molecule has 114 valence electrons. The molecule has 1 heterocycles. The standard InChI is InChI=1S/C17H18NO3P/c1-17(2,3)14-10-13(6-7-15(14)19)16(22(20)21)9-12-5-4-8-18-11-12/h4-11H,1-3H3,(H-,19,20,21)/p+1. The van der Waals surface area contributed by atoms with E-state index in [0.717, 1.165) is 11.1 Å². The van der Waals surface area contributed by atoms with Crippen molar-refractivity contribution < 1.29 is 14.6 Å². The fourth-order valence-electron chi connectivity index (χ4n) is 2.16. The molecule has 0 aliphatic rings. The number of aromatic hydroxyl groups is 1. The van der Waals surface area contributed by atoms with E-state index in [-0.39, 0.29) is 11.2 Å². The molecular formula is C17H19NO3P+. The normalized spacial score (nSPS) is 13.1. The van der Waals surface area contributed by atoms with E-state index in [1.54, 1.807) is 42.7 Å². The zero-order valence-electron chi connectivity index (χ0n) is 12.8. The molecule has 1 aromatic heterocycles. The van der Waals surface area contributed by atoms with Gasteiger partial charge in [-0.25, -0.2) is 0 Å². The van der Waals surface area contributed by atoms with Gasteiger partial charge in [0.25, 0.3) is 0 Å². The number of benzene rings is 1. The minimum Gasteiger partial charge on any atom is -0.508 e. The van der Waals surface area contributed by atoms with Crippen LogP contribution in [0.2, 0.25) is 0 Å². The van der Waals surface area contributed by atoms with Crippen LogP contribution in [0.1, 0.15) is 37.5 Å². The molecule has 2 aromatic rings. The van der Waals surface area contributed by atoms with Gasteiger partial charge in [-0.15, -0.1) is 0 Å². The molecule has 22 heavy (non-hydrogen) atoms. The maximum Gasteiger partial charge on any atom is 0.546 e. The van der Waals surface area contributed by atoms with Gasteiger partial charge >= 0.3 is 8.03 Å². The predicted octanol–water partition coefficient (Wildman–Crippen LogP) is 4.32. The molecule has 1 aromatic carbocycles. The average Bonchev–Trinajstić information content (AvgIpc) is 2.45.